The third-order valence-corrected chi connectivity index (χ3v) is 5.24. The van der Waals surface area contributed by atoms with Gasteiger partial charge in [-0.15, -0.1) is 0 Å². The Hall–Kier alpha value is -2.71. The number of rotatable bonds is 4. The van der Waals surface area contributed by atoms with Crippen molar-refractivity contribution in [1.82, 2.24) is 5.01 Å². The van der Waals surface area contributed by atoms with E-state index in [1.807, 2.05) is 0 Å². The summed E-state index contributed by atoms with van der Waals surface area (Å²) >= 11 is 6.85. The topological polar surface area (TPSA) is 85.6 Å². The minimum Gasteiger partial charge on any atom is -0.325 e. The fourth-order valence-electron chi connectivity index (χ4n) is 2.52. The maximum Gasteiger partial charge on any atom is 0.250 e. The molecule has 0 saturated carbocycles. The van der Waals surface area contributed by atoms with Gasteiger partial charge in [0.25, 0.3) is 5.91 Å². The number of anilines is 1. The molecule has 1 aliphatic heterocycles. The number of benzene rings is 2. The van der Waals surface area contributed by atoms with Gasteiger partial charge in [-0.2, -0.15) is 10.1 Å². The van der Waals surface area contributed by atoms with Crippen molar-refractivity contribution >= 4 is 51.7 Å². The van der Waals surface area contributed by atoms with Crippen LogP contribution in [0.5, 0.6) is 0 Å². The van der Waals surface area contributed by atoms with Crippen LogP contribution in [-0.4, -0.2) is 33.0 Å². The lowest BCUT2D eigenvalue weighted by atomic mass is 10.1. The molecule has 3 rings (SSSR count). The monoisotopic (exact) mass is 418 g/mol. The van der Waals surface area contributed by atoms with Gasteiger partial charge in [-0.3, -0.25) is 15.0 Å². The first-order valence-corrected chi connectivity index (χ1v) is 9.55. The number of halogens is 2. The van der Waals surface area contributed by atoms with E-state index in [0.717, 1.165) is 16.8 Å². The summed E-state index contributed by atoms with van der Waals surface area (Å²) in [6.07, 6.45) is -0.0976. The molecule has 1 aliphatic rings. The highest BCUT2D eigenvalue weighted by atomic mass is 35.5. The maximum absolute atomic E-state index is 13.0. The Morgan fingerprint density at radius 3 is 2.68 bits per heavy atom. The summed E-state index contributed by atoms with van der Waals surface area (Å²) in [6, 6.07) is 12.3. The Morgan fingerprint density at radius 2 is 2.04 bits per heavy atom. The maximum atomic E-state index is 13.0. The lowest BCUT2D eigenvalue weighted by Crippen LogP contribution is -2.42. The average Bonchev–Trinajstić information content (AvgIpc) is 2.65. The highest BCUT2D eigenvalue weighted by Crippen LogP contribution is 2.27. The van der Waals surface area contributed by atoms with E-state index in [-0.39, 0.29) is 23.3 Å². The fourth-order valence-corrected chi connectivity index (χ4v) is 3.61. The smallest absolute Gasteiger partial charge is 0.250 e. The van der Waals surface area contributed by atoms with E-state index >= 15 is 0 Å². The minimum absolute atomic E-state index is 0.0976. The van der Waals surface area contributed by atoms with Crippen molar-refractivity contribution in [2.24, 2.45) is 5.10 Å². The first-order chi connectivity index (χ1) is 13.3. The van der Waals surface area contributed by atoms with Gasteiger partial charge >= 0.3 is 0 Å². The first-order valence-electron chi connectivity index (χ1n) is 8.29. The molecule has 1 heterocycles. The number of hydrogen-bond donors (Lipinski definition) is 2. The second kappa shape index (κ2) is 8.53. The molecule has 9 heteroatoms. The van der Waals surface area contributed by atoms with Gasteiger partial charge in [0.1, 0.15) is 11.1 Å². The quantitative estimate of drug-likeness (QED) is 0.732. The van der Waals surface area contributed by atoms with Crippen molar-refractivity contribution in [3.05, 3.63) is 64.9 Å². The Balaban J connectivity index is 1.69. The number of hydrogen-bond acceptors (Lipinski definition) is 5. The van der Waals surface area contributed by atoms with Crippen molar-refractivity contribution in [1.29, 1.82) is 5.41 Å². The van der Waals surface area contributed by atoms with E-state index in [4.69, 9.17) is 17.0 Å². The molecule has 2 aromatic rings. The average molecular weight is 419 g/mol. The summed E-state index contributed by atoms with van der Waals surface area (Å²) in [4.78, 5) is 24.9. The summed E-state index contributed by atoms with van der Waals surface area (Å²) in [5.74, 6) is -1.22. The van der Waals surface area contributed by atoms with E-state index in [0.29, 0.717) is 22.0 Å². The molecule has 1 saturated heterocycles. The minimum atomic E-state index is -0.739. The van der Waals surface area contributed by atoms with Crippen molar-refractivity contribution in [2.45, 2.75) is 18.6 Å². The third kappa shape index (κ3) is 4.76. The Labute approximate surface area is 170 Å². The Morgan fingerprint density at radius 1 is 1.32 bits per heavy atom. The molecule has 2 aromatic carbocycles. The zero-order valence-electron chi connectivity index (χ0n) is 14.8. The molecule has 28 heavy (non-hydrogen) atoms. The van der Waals surface area contributed by atoms with E-state index in [9.17, 15) is 14.0 Å². The third-order valence-electron chi connectivity index (χ3n) is 3.94. The summed E-state index contributed by atoms with van der Waals surface area (Å²) in [7, 11) is 0. The van der Waals surface area contributed by atoms with Gasteiger partial charge in [0, 0.05) is 10.7 Å². The zero-order valence-corrected chi connectivity index (χ0v) is 16.4. The molecule has 1 atom stereocenters. The number of thioether (sulfide) groups is 1. The van der Waals surface area contributed by atoms with E-state index in [1.54, 1.807) is 43.3 Å². The van der Waals surface area contributed by atoms with Gasteiger partial charge in [0.15, 0.2) is 5.17 Å². The SMILES string of the molecule is C/C(=N/N1C(=N)S[C@H](C(=O)Nc2cccc(Cl)c2)CC1=O)c1ccc(F)cc1. The molecule has 0 aromatic heterocycles. The summed E-state index contributed by atoms with van der Waals surface area (Å²) in [6.45, 7) is 1.66. The van der Waals surface area contributed by atoms with Crippen molar-refractivity contribution in [3.63, 3.8) is 0 Å². The van der Waals surface area contributed by atoms with Crippen LogP contribution in [0, 0.1) is 11.2 Å². The molecule has 0 bridgehead atoms. The molecule has 0 spiro atoms. The summed E-state index contributed by atoms with van der Waals surface area (Å²) in [5.41, 5.74) is 1.61. The molecular weight excluding hydrogens is 403 g/mol. The molecular formula is C19H16ClFN4O2S. The number of hydrazone groups is 1. The number of nitrogens with one attached hydrogen (secondary N) is 2. The number of carbonyl (C=O) groups excluding carboxylic acids is 2. The van der Waals surface area contributed by atoms with Gasteiger partial charge in [0.2, 0.25) is 5.91 Å². The van der Waals surface area contributed by atoms with Crippen LogP contribution >= 0.6 is 23.4 Å². The number of carbonyl (C=O) groups is 2. The van der Waals surface area contributed by atoms with E-state index in [1.165, 1.54) is 12.1 Å². The molecule has 144 valence electrons. The van der Waals surface area contributed by atoms with Crippen LogP contribution in [0.2, 0.25) is 5.02 Å². The molecule has 1 fully saturated rings. The lowest BCUT2D eigenvalue weighted by Gasteiger charge is -2.27. The van der Waals surface area contributed by atoms with Crippen LogP contribution in [0.15, 0.2) is 53.6 Å². The summed E-state index contributed by atoms with van der Waals surface area (Å²) < 4.78 is 13.0. The Bertz CT molecular complexity index is 947. The van der Waals surface area contributed by atoms with E-state index < -0.39 is 11.2 Å². The number of nitrogens with zero attached hydrogens (tertiary/aromatic N) is 2. The highest BCUT2D eigenvalue weighted by Gasteiger charge is 2.35. The van der Waals surface area contributed by atoms with Crippen molar-refractivity contribution in [3.8, 4) is 0 Å². The Kier molecular flexibility index (Phi) is 6.11. The van der Waals surface area contributed by atoms with Crippen LogP contribution in [0.25, 0.3) is 0 Å². The van der Waals surface area contributed by atoms with Crippen molar-refractivity contribution < 1.29 is 14.0 Å². The zero-order chi connectivity index (χ0) is 20.3. The largest absolute Gasteiger partial charge is 0.325 e. The van der Waals surface area contributed by atoms with Crippen LogP contribution in [0.4, 0.5) is 10.1 Å². The van der Waals surface area contributed by atoms with Gasteiger partial charge in [-0.25, -0.2) is 4.39 Å². The first kappa shape index (κ1) is 20.0. The molecule has 2 N–H and O–H groups in total. The number of amidine groups is 1. The fraction of sp³-hybridized carbons (Fsp3) is 0.158. The second-order valence-corrected chi connectivity index (χ2v) is 7.64. The number of amides is 2. The van der Waals surface area contributed by atoms with Crippen LogP contribution in [0.1, 0.15) is 18.9 Å². The molecule has 2 amide bonds. The highest BCUT2D eigenvalue weighted by molar-refractivity contribution is 8.14. The van der Waals surface area contributed by atoms with E-state index in [2.05, 4.69) is 10.4 Å². The normalized spacial score (nSPS) is 17.6. The standard InChI is InChI=1S/C19H16ClFN4O2S/c1-11(12-5-7-14(21)8-6-12)24-25-17(26)10-16(28-19(25)22)18(27)23-15-4-2-3-13(20)9-15/h2-9,16,22H,10H2,1H3,(H,23,27)/b22-19?,24-11-/t16-/m0/s1. The summed E-state index contributed by atoms with van der Waals surface area (Å²) in [5, 5.41) is 15.5. The second-order valence-electron chi connectivity index (χ2n) is 6.01. The van der Waals surface area contributed by atoms with Gasteiger partial charge < -0.3 is 5.32 Å². The van der Waals surface area contributed by atoms with Crippen LogP contribution < -0.4 is 5.32 Å². The van der Waals surface area contributed by atoms with Crippen LogP contribution in [-0.2, 0) is 9.59 Å². The molecule has 0 radical (unpaired) electrons. The van der Waals surface area contributed by atoms with Crippen LogP contribution in [0.3, 0.4) is 0 Å². The molecule has 0 aliphatic carbocycles. The molecule has 0 unspecified atom stereocenters. The predicted molar refractivity (Wildman–Crippen MR) is 109 cm³/mol. The van der Waals surface area contributed by atoms with Gasteiger partial charge in [-0.1, -0.05) is 41.6 Å². The van der Waals surface area contributed by atoms with Gasteiger partial charge in [0.05, 0.1) is 12.1 Å². The molecule has 6 nitrogen and oxygen atoms in total. The predicted octanol–water partition coefficient (Wildman–Crippen LogP) is 4.11. The lowest BCUT2D eigenvalue weighted by molar-refractivity contribution is -0.129. The van der Waals surface area contributed by atoms with Crippen molar-refractivity contribution in [2.75, 3.05) is 5.32 Å². The van der Waals surface area contributed by atoms with Gasteiger partial charge in [-0.05, 0) is 42.8 Å².